The molecule has 0 aromatic rings. The fourth-order valence-electron chi connectivity index (χ4n) is 2.96. The van der Waals surface area contributed by atoms with Crippen molar-refractivity contribution in [3.63, 3.8) is 0 Å². The summed E-state index contributed by atoms with van der Waals surface area (Å²) in [6.07, 6.45) is 9.79. The molecule has 0 aliphatic heterocycles. The van der Waals surface area contributed by atoms with Crippen LogP contribution in [0.2, 0.25) is 0 Å². The second kappa shape index (κ2) is 7.11. The van der Waals surface area contributed by atoms with Crippen LogP contribution in [0.5, 0.6) is 0 Å². The van der Waals surface area contributed by atoms with E-state index in [0.29, 0.717) is 0 Å². The molecule has 0 bridgehead atoms. The number of rotatable bonds is 5. The van der Waals surface area contributed by atoms with E-state index in [1.54, 1.807) is 0 Å². The Balaban J connectivity index is 2.38. The molecule has 3 unspecified atom stereocenters. The van der Waals surface area contributed by atoms with Gasteiger partial charge in [-0.1, -0.05) is 39.3 Å². The van der Waals surface area contributed by atoms with Gasteiger partial charge in [0, 0.05) is 6.04 Å². The molecule has 0 aromatic heterocycles. The van der Waals surface area contributed by atoms with E-state index in [1.807, 2.05) is 0 Å². The van der Waals surface area contributed by atoms with E-state index in [1.165, 1.54) is 25.7 Å². The largest absolute Gasteiger partial charge is 0.313 e. The summed E-state index contributed by atoms with van der Waals surface area (Å²) in [5.74, 6) is 2.63. The zero-order chi connectivity index (χ0) is 12.0. The lowest BCUT2D eigenvalue weighted by Crippen LogP contribution is -2.43. The topological polar surface area (TPSA) is 12.0 Å². The molecule has 0 heterocycles. The molecule has 0 radical (unpaired) electrons. The first kappa shape index (κ1) is 13.8. The summed E-state index contributed by atoms with van der Waals surface area (Å²) in [6, 6.07) is 0.758. The fraction of sp³-hybridized carbons (Fsp3) is 0.867. The number of allylic oxidation sites excluding steroid dienone is 1. The highest BCUT2D eigenvalue weighted by Crippen LogP contribution is 2.33. The zero-order valence-corrected chi connectivity index (χ0v) is 11.5. The molecule has 3 atom stereocenters. The Kier molecular flexibility index (Phi) is 6.12. The smallest absolute Gasteiger partial charge is 0.0100 e. The maximum absolute atomic E-state index is 3.77. The molecule has 1 heteroatoms. The van der Waals surface area contributed by atoms with Gasteiger partial charge in [-0.25, -0.2) is 0 Å². The van der Waals surface area contributed by atoms with Gasteiger partial charge in [0.05, 0.1) is 0 Å². The molecule has 1 rings (SSSR count). The van der Waals surface area contributed by atoms with Crippen LogP contribution in [0, 0.1) is 17.8 Å². The zero-order valence-electron chi connectivity index (χ0n) is 11.5. The van der Waals surface area contributed by atoms with Crippen LogP contribution < -0.4 is 5.32 Å². The molecule has 16 heavy (non-hydrogen) atoms. The van der Waals surface area contributed by atoms with Crippen LogP contribution in [-0.4, -0.2) is 12.6 Å². The van der Waals surface area contributed by atoms with E-state index in [9.17, 15) is 0 Å². The van der Waals surface area contributed by atoms with E-state index >= 15 is 0 Å². The van der Waals surface area contributed by atoms with Gasteiger partial charge in [0.1, 0.15) is 0 Å². The van der Waals surface area contributed by atoms with Crippen LogP contribution in [0.15, 0.2) is 12.2 Å². The van der Waals surface area contributed by atoms with Crippen molar-refractivity contribution in [2.45, 2.75) is 59.4 Å². The molecule has 1 aliphatic carbocycles. The minimum Gasteiger partial charge on any atom is -0.313 e. The van der Waals surface area contributed by atoms with Gasteiger partial charge >= 0.3 is 0 Å². The molecule has 1 nitrogen and oxygen atoms in total. The first-order valence-electron chi connectivity index (χ1n) is 6.99. The van der Waals surface area contributed by atoms with Gasteiger partial charge < -0.3 is 5.32 Å². The molecule has 0 aromatic carbocycles. The molecule has 1 fully saturated rings. The third-order valence-corrected chi connectivity index (χ3v) is 3.98. The summed E-state index contributed by atoms with van der Waals surface area (Å²) in [6.45, 7) is 10.4. The minimum atomic E-state index is 0.758. The number of nitrogens with one attached hydrogen (secondary N) is 1. The SMILES string of the molecule is C/C=C/CCNC1CC(C)CCC1C(C)C. The van der Waals surface area contributed by atoms with Crippen molar-refractivity contribution >= 4 is 0 Å². The van der Waals surface area contributed by atoms with Crippen molar-refractivity contribution < 1.29 is 0 Å². The Morgan fingerprint density at radius 1 is 1.31 bits per heavy atom. The van der Waals surface area contributed by atoms with Gasteiger partial charge in [0.25, 0.3) is 0 Å². The Morgan fingerprint density at radius 3 is 2.69 bits per heavy atom. The Labute approximate surface area is 102 Å². The van der Waals surface area contributed by atoms with Gasteiger partial charge in [0.2, 0.25) is 0 Å². The quantitative estimate of drug-likeness (QED) is 0.548. The molecule has 1 saturated carbocycles. The summed E-state index contributed by atoms with van der Waals surface area (Å²) < 4.78 is 0. The highest BCUT2D eigenvalue weighted by molar-refractivity contribution is 4.86. The predicted octanol–water partition coefficient (Wildman–Crippen LogP) is 4.00. The van der Waals surface area contributed by atoms with Crippen LogP contribution in [0.3, 0.4) is 0 Å². The van der Waals surface area contributed by atoms with Crippen molar-refractivity contribution in [1.29, 1.82) is 0 Å². The summed E-state index contributed by atoms with van der Waals surface area (Å²) in [4.78, 5) is 0. The maximum atomic E-state index is 3.77. The molecular weight excluding hydrogens is 194 g/mol. The highest BCUT2D eigenvalue weighted by Gasteiger charge is 2.29. The summed E-state index contributed by atoms with van der Waals surface area (Å²) >= 11 is 0. The normalized spacial score (nSPS) is 31.4. The second-order valence-electron chi connectivity index (χ2n) is 5.74. The van der Waals surface area contributed by atoms with Gasteiger partial charge in [-0.05, 0) is 50.5 Å². The summed E-state index contributed by atoms with van der Waals surface area (Å²) in [7, 11) is 0. The third-order valence-electron chi connectivity index (χ3n) is 3.98. The van der Waals surface area contributed by atoms with Crippen molar-refractivity contribution in [1.82, 2.24) is 5.32 Å². The van der Waals surface area contributed by atoms with E-state index in [0.717, 1.165) is 30.3 Å². The van der Waals surface area contributed by atoms with Crippen LogP contribution in [0.25, 0.3) is 0 Å². The van der Waals surface area contributed by atoms with E-state index in [2.05, 4.69) is 45.2 Å². The van der Waals surface area contributed by atoms with Gasteiger partial charge in [-0.15, -0.1) is 0 Å². The standard InChI is InChI=1S/C15H29N/c1-5-6-7-10-16-15-11-13(4)8-9-14(15)12(2)3/h5-6,12-16H,7-11H2,1-4H3/b6-5+. The predicted molar refractivity (Wildman–Crippen MR) is 72.6 cm³/mol. The van der Waals surface area contributed by atoms with E-state index < -0.39 is 0 Å². The average Bonchev–Trinajstić information content (AvgIpc) is 2.24. The average molecular weight is 223 g/mol. The van der Waals surface area contributed by atoms with Crippen LogP contribution in [0.1, 0.15) is 53.4 Å². The summed E-state index contributed by atoms with van der Waals surface area (Å²) in [5, 5.41) is 3.77. The van der Waals surface area contributed by atoms with Crippen molar-refractivity contribution in [2.75, 3.05) is 6.54 Å². The summed E-state index contributed by atoms with van der Waals surface area (Å²) in [5.41, 5.74) is 0. The number of hydrogen-bond donors (Lipinski definition) is 1. The van der Waals surface area contributed by atoms with E-state index in [4.69, 9.17) is 0 Å². The third kappa shape index (κ3) is 4.29. The van der Waals surface area contributed by atoms with Gasteiger partial charge in [-0.2, -0.15) is 0 Å². The first-order valence-corrected chi connectivity index (χ1v) is 6.99. The molecular formula is C15H29N. The Hall–Kier alpha value is -0.300. The van der Waals surface area contributed by atoms with Crippen LogP contribution in [-0.2, 0) is 0 Å². The van der Waals surface area contributed by atoms with Crippen LogP contribution in [0.4, 0.5) is 0 Å². The van der Waals surface area contributed by atoms with Crippen molar-refractivity contribution in [3.05, 3.63) is 12.2 Å². The van der Waals surface area contributed by atoms with Crippen LogP contribution >= 0.6 is 0 Å². The highest BCUT2D eigenvalue weighted by atomic mass is 14.9. The van der Waals surface area contributed by atoms with Gasteiger partial charge in [0.15, 0.2) is 0 Å². The second-order valence-corrected chi connectivity index (χ2v) is 5.74. The molecule has 0 saturated heterocycles. The lowest BCUT2D eigenvalue weighted by molar-refractivity contribution is 0.171. The minimum absolute atomic E-state index is 0.758. The lowest BCUT2D eigenvalue weighted by Gasteiger charge is -2.38. The lowest BCUT2D eigenvalue weighted by atomic mass is 9.74. The van der Waals surface area contributed by atoms with Crippen molar-refractivity contribution in [2.24, 2.45) is 17.8 Å². The molecule has 0 spiro atoms. The molecule has 1 N–H and O–H groups in total. The molecule has 94 valence electrons. The first-order chi connectivity index (χ1) is 7.65. The molecule has 0 amide bonds. The number of hydrogen-bond acceptors (Lipinski definition) is 1. The fourth-order valence-corrected chi connectivity index (χ4v) is 2.96. The molecule has 1 aliphatic rings. The Morgan fingerprint density at radius 2 is 2.06 bits per heavy atom. The van der Waals surface area contributed by atoms with Gasteiger partial charge in [-0.3, -0.25) is 0 Å². The Bertz CT molecular complexity index is 207. The monoisotopic (exact) mass is 223 g/mol. The van der Waals surface area contributed by atoms with Crippen molar-refractivity contribution in [3.8, 4) is 0 Å². The van der Waals surface area contributed by atoms with E-state index in [-0.39, 0.29) is 0 Å². The maximum Gasteiger partial charge on any atom is 0.0100 e.